The number of aromatic nitrogens is 5. The van der Waals surface area contributed by atoms with E-state index in [4.69, 9.17) is 4.74 Å². The number of carbonyl (C=O) groups excluding carboxylic acids is 1. The Bertz CT molecular complexity index is 1540. The molecule has 0 fully saturated rings. The average molecular weight is 494 g/mol. The van der Waals surface area contributed by atoms with Crippen LogP contribution in [0.2, 0.25) is 0 Å². The lowest BCUT2D eigenvalue weighted by Gasteiger charge is -2.12. The highest BCUT2D eigenvalue weighted by Crippen LogP contribution is 2.33. The van der Waals surface area contributed by atoms with Gasteiger partial charge >= 0.3 is 6.18 Å². The second-order valence-electron chi connectivity index (χ2n) is 8.08. The normalized spacial score (nSPS) is 11.8. The molecule has 8 nitrogen and oxygen atoms in total. The van der Waals surface area contributed by atoms with Gasteiger partial charge in [0.25, 0.3) is 5.91 Å². The van der Waals surface area contributed by atoms with Gasteiger partial charge in [0.1, 0.15) is 11.3 Å². The number of rotatable bonds is 7. The van der Waals surface area contributed by atoms with E-state index in [1.807, 2.05) is 28.8 Å². The zero-order valence-corrected chi connectivity index (χ0v) is 19.2. The van der Waals surface area contributed by atoms with Crippen LogP contribution in [0.25, 0.3) is 27.9 Å². The van der Waals surface area contributed by atoms with Crippen LogP contribution in [0.15, 0.2) is 67.1 Å². The molecule has 184 valence electrons. The fourth-order valence-electron chi connectivity index (χ4n) is 3.97. The second-order valence-corrected chi connectivity index (χ2v) is 8.08. The molecule has 3 aromatic heterocycles. The third-order valence-electron chi connectivity index (χ3n) is 5.78. The van der Waals surface area contributed by atoms with E-state index in [2.05, 4.69) is 20.4 Å². The van der Waals surface area contributed by atoms with Crippen molar-refractivity contribution in [2.45, 2.75) is 19.1 Å². The predicted octanol–water partition coefficient (Wildman–Crippen LogP) is 4.59. The van der Waals surface area contributed by atoms with Crippen molar-refractivity contribution in [2.75, 3.05) is 13.7 Å². The minimum atomic E-state index is -4.70. The van der Waals surface area contributed by atoms with Gasteiger partial charge in [-0.2, -0.15) is 18.3 Å². The SMILES string of the molecule is COc1ccc(-c2cc(C(F)(F)F)n3ncc(C(=O)NCCCn4cnc5ccccc54)c3n2)cc1. The lowest BCUT2D eigenvalue weighted by Crippen LogP contribution is -2.25. The summed E-state index contributed by atoms with van der Waals surface area (Å²) in [5, 5.41) is 6.57. The molecule has 0 aliphatic carbocycles. The zero-order chi connectivity index (χ0) is 25.3. The maximum absolute atomic E-state index is 13.8. The quantitative estimate of drug-likeness (QED) is 0.335. The van der Waals surface area contributed by atoms with Gasteiger partial charge in [0.15, 0.2) is 11.3 Å². The predicted molar refractivity (Wildman–Crippen MR) is 127 cm³/mol. The molecule has 0 aliphatic rings. The molecule has 0 saturated heterocycles. The number of imidazole rings is 1. The molecule has 1 N–H and O–H groups in total. The molecule has 36 heavy (non-hydrogen) atoms. The molecule has 5 rings (SSSR count). The molecule has 2 aromatic carbocycles. The molecular formula is C25H21F3N6O2. The van der Waals surface area contributed by atoms with Crippen LogP contribution in [0, 0.1) is 0 Å². The summed E-state index contributed by atoms with van der Waals surface area (Å²) < 4.78 is 49.2. The monoisotopic (exact) mass is 494 g/mol. The Labute approximate surface area is 203 Å². The van der Waals surface area contributed by atoms with Crippen molar-refractivity contribution in [3.05, 3.63) is 78.4 Å². The molecule has 0 atom stereocenters. The summed E-state index contributed by atoms with van der Waals surface area (Å²) >= 11 is 0. The minimum Gasteiger partial charge on any atom is -0.497 e. The summed E-state index contributed by atoms with van der Waals surface area (Å²) in [6, 6.07) is 15.1. The summed E-state index contributed by atoms with van der Waals surface area (Å²) in [6.07, 6.45) is -1.26. The standard InChI is InChI=1S/C25H21F3N6O2/c1-36-17-9-7-16(8-10-17)20-13-22(25(26,27)28)34-23(32-20)18(14-31-34)24(35)29-11-4-12-33-15-30-19-5-2-3-6-21(19)33/h2-3,5-10,13-15H,4,11-12H2,1H3,(H,29,35). The van der Waals surface area contributed by atoms with Crippen LogP contribution < -0.4 is 10.1 Å². The second kappa shape index (κ2) is 9.33. The molecular weight excluding hydrogens is 473 g/mol. The highest BCUT2D eigenvalue weighted by atomic mass is 19.4. The van der Waals surface area contributed by atoms with E-state index in [0.717, 1.165) is 23.3 Å². The van der Waals surface area contributed by atoms with Gasteiger partial charge in [-0.3, -0.25) is 4.79 Å². The summed E-state index contributed by atoms with van der Waals surface area (Å²) in [6.45, 7) is 0.931. The number of amides is 1. The number of hydrogen-bond donors (Lipinski definition) is 1. The van der Waals surface area contributed by atoms with Crippen molar-refractivity contribution in [3.63, 3.8) is 0 Å². The van der Waals surface area contributed by atoms with Gasteiger partial charge in [0, 0.05) is 18.7 Å². The van der Waals surface area contributed by atoms with E-state index in [-0.39, 0.29) is 16.9 Å². The van der Waals surface area contributed by atoms with Gasteiger partial charge in [-0.1, -0.05) is 12.1 Å². The number of nitrogens with zero attached hydrogens (tertiary/aromatic N) is 5. The number of ether oxygens (including phenoxy) is 1. The number of fused-ring (bicyclic) bond motifs is 2. The van der Waals surface area contributed by atoms with E-state index in [1.165, 1.54) is 7.11 Å². The maximum atomic E-state index is 13.8. The van der Waals surface area contributed by atoms with E-state index in [9.17, 15) is 18.0 Å². The Morgan fingerprint density at radius 1 is 1.11 bits per heavy atom. The summed E-state index contributed by atoms with van der Waals surface area (Å²) in [7, 11) is 1.50. The fourth-order valence-corrected chi connectivity index (χ4v) is 3.97. The number of aryl methyl sites for hydroxylation is 1. The van der Waals surface area contributed by atoms with Gasteiger partial charge < -0.3 is 14.6 Å². The summed E-state index contributed by atoms with van der Waals surface area (Å²) in [4.78, 5) is 21.5. The van der Waals surface area contributed by atoms with Crippen LogP contribution in [0.4, 0.5) is 13.2 Å². The van der Waals surface area contributed by atoms with E-state index in [0.29, 0.717) is 35.3 Å². The molecule has 0 unspecified atom stereocenters. The summed E-state index contributed by atoms with van der Waals surface area (Å²) in [5.74, 6) is 0.0111. The Morgan fingerprint density at radius 2 is 1.89 bits per heavy atom. The first-order valence-electron chi connectivity index (χ1n) is 11.1. The molecule has 5 aromatic rings. The number of hydrogen-bond acceptors (Lipinski definition) is 5. The number of nitrogens with one attached hydrogen (secondary N) is 1. The highest BCUT2D eigenvalue weighted by Gasteiger charge is 2.36. The van der Waals surface area contributed by atoms with E-state index < -0.39 is 17.8 Å². The van der Waals surface area contributed by atoms with Crippen molar-refractivity contribution in [1.29, 1.82) is 0 Å². The first-order chi connectivity index (χ1) is 17.3. The molecule has 0 saturated carbocycles. The molecule has 0 radical (unpaired) electrons. The largest absolute Gasteiger partial charge is 0.497 e. The van der Waals surface area contributed by atoms with E-state index >= 15 is 0 Å². The van der Waals surface area contributed by atoms with Gasteiger partial charge in [-0.25, -0.2) is 14.5 Å². The topological polar surface area (TPSA) is 86.3 Å². The Balaban J connectivity index is 1.37. The molecule has 11 heteroatoms. The van der Waals surface area contributed by atoms with Crippen molar-refractivity contribution in [3.8, 4) is 17.0 Å². The number of benzene rings is 2. The third kappa shape index (κ3) is 4.47. The Hall–Kier alpha value is -4.41. The highest BCUT2D eigenvalue weighted by molar-refractivity contribution is 5.99. The van der Waals surface area contributed by atoms with Crippen molar-refractivity contribution >= 4 is 22.6 Å². The van der Waals surface area contributed by atoms with Crippen LogP contribution >= 0.6 is 0 Å². The lowest BCUT2D eigenvalue weighted by molar-refractivity contribution is -0.142. The zero-order valence-electron chi connectivity index (χ0n) is 19.2. The first-order valence-corrected chi connectivity index (χ1v) is 11.1. The summed E-state index contributed by atoms with van der Waals surface area (Å²) in [5.41, 5.74) is 1.15. The Kier molecular flexibility index (Phi) is 6.05. The van der Waals surface area contributed by atoms with Crippen molar-refractivity contribution in [1.82, 2.24) is 29.5 Å². The lowest BCUT2D eigenvalue weighted by atomic mass is 10.1. The Morgan fingerprint density at radius 3 is 2.64 bits per heavy atom. The van der Waals surface area contributed by atoms with Crippen LogP contribution in [0.1, 0.15) is 22.5 Å². The number of para-hydroxylation sites is 2. The van der Waals surface area contributed by atoms with Crippen LogP contribution in [-0.2, 0) is 12.7 Å². The first kappa shape index (κ1) is 23.3. The number of alkyl halides is 3. The molecule has 1 amide bonds. The molecule has 3 heterocycles. The number of methoxy groups -OCH3 is 1. The third-order valence-corrected chi connectivity index (χ3v) is 5.78. The minimum absolute atomic E-state index is 0.0380. The van der Waals surface area contributed by atoms with Gasteiger partial charge in [-0.05, 0) is 48.9 Å². The van der Waals surface area contributed by atoms with Crippen LogP contribution in [0.3, 0.4) is 0 Å². The van der Waals surface area contributed by atoms with E-state index in [1.54, 1.807) is 30.6 Å². The van der Waals surface area contributed by atoms with Gasteiger partial charge in [0.05, 0.1) is 36.4 Å². The van der Waals surface area contributed by atoms with Gasteiger partial charge in [0.2, 0.25) is 0 Å². The van der Waals surface area contributed by atoms with Crippen molar-refractivity contribution < 1.29 is 22.7 Å². The van der Waals surface area contributed by atoms with Gasteiger partial charge in [-0.15, -0.1) is 0 Å². The fraction of sp³-hybridized carbons (Fsp3) is 0.200. The molecule has 0 aliphatic heterocycles. The van der Waals surface area contributed by atoms with Crippen LogP contribution in [-0.4, -0.2) is 43.7 Å². The smallest absolute Gasteiger partial charge is 0.433 e. The number of halogens is 3. The van der Waals surface area contributed by atoms with Crippen molar-refractivity contribution in [2.24, 2.45) is 0 Å². The van der Waals surface area contributed by atoms with Crippen LogP contribution in [0.5, 0.6) is 5.75 Å². The number of carbonyl (C=O) groups is 1. The molecule has 0 spiro atoms. The average Bonchev–Trinajstić information content (AvgIpc) is 3.50. The molecule has 0 bridgehead atoms. The maximum Gasteiger partial charge on any atom is 0.433 e.